The van der Waals surface area contributed by atoms with Crippen LogP contribution in [0.5, 0.6) is 0 Å². The van der Waals surface area contributed by atoms with E-state index in [9.17, 15) is 22.8 Å². The number of H-pyrrole nitrogens is 1. The summed E-state index contributed by atoms with van der Waals surface area (Å²) in [4.78, 5) is 25.0. The summed E-state index contributed by atoms with van der Waals surface area (Å²) in [6.07, 6.45) is -3.39. The van der Waals surface area contributed by atoms with Crippen molar-refractivity contribution in [1.29, 1.82) is 0 Å². The first-order chi connectivity index (χ1) is 12.8. The van der Waals surface area contributed by atoms with E-state index in [4.69, 9.17) is 9.26 Å². The number of halogens is 3. The van der Waals surface area contributed by atoms with Crippen LogP contribution in [0, 0.1) is 0 Å². The highest BCUT2D eigenvalue weighted by molar-refractivity contribution is 5.68. The van der Waals surface area contributed by atoms with Crippen molar-refractivity contribution in [3.05, 3.63) is 57.6 Å². The number of methoxy groups -OCH3 is 1. The lowest BCUT2D eigenvalue weighted by Crippen LogP contribution is -2.46. The summed E-state index contributed by atoms with van der Waals surface area (Å²) < 4.78 is 48.2. The van der Waals surface area contributed by atoms with Gasteiger partial charge < -0.3 is 14.2 Å². The molecule has 146 valence electrons. The molecule has 2 atom stereocenters. The Kier molecular flexibility index (Phi) is 5.29. The van der Waals surface area contributed by atoms with Crippen LogP contribution in [0.4, 0.5) is 18.0 Å². The van der Waals surface area contributed by atoms with Crippen molar-refractivity contribution >= 4 is 6.09 Å². The third kappa shape index (κ3) is 4.35. The number of alkyl halides is 3. The molecule has 1 amide bonds. The van der Waals surface area contributed by atoms with Gasteiger partial charge in [0.2, 0.25) is 0 Å². The van der Waals surface area contributed by atoms with Crippen molar-refractivity contribution < 1.29 is 27.2 Å². The van der Waals surface area contributed by atoms with Crippen LogP contribution in [0.1, 0.15) is 35.6 Å². The predicted molar refractivity (Wildman–Crippen MR) is 89.4 cm³/mol. The van der Waals surface area contributed by atoms with Crippen molar-refractivity contribution in [2.75, 3.05) is 13.7 Å². The number of benzene rings is 1. The van der Waals surface area contributed by atoms with Gasteiger partial charge in [0.1, 0.15) is 5.76 Å². The number of nitrogens with one attached hydrogen (secondary N) is 1. The number of rotatable bonds is 3. The van der Waals surface area contributed by atoms with Crippen molar-refractivity contribution in [2.24, 2.45) is 0 Å². The first-order valence-electron chi connectivity index (χ1n) is 8.47. The first kappa shape index (κ1) is 19.1. The number of hydrogen-bond donors (Lipinski definition) is 1. The Morgan fingerprint density at radius 2 is 2.04 bits per heavy atom. The Labute approximate surface area is 152 Å². The second-order valence-corrected chi connectivity index (χ2v) is 6.55. The normalized spacial score (nSPS) is 20.5. The van der Waals surface area contributed by atoms with Gasteiger partial charge in [-0.3, -0.25) is 4.79 Å². The number of ether oxygens (including phenoxy) is 1. The summed E-state index contributed by atoms with van der Waals surface area (Å²) >= 11 is 0. The molecule has 1 aromatic carbocycles. The second kappa shape index (κ2) is 7.50. The standard InChI is InChI=1S/C18H19F3N2O4/c1-26-17(25)23-7-6-12(15-10-16(24)22-27-15)9-14(23)8-11-2-4-13(5-3-11)18(19,20)21/h2-5,10,12,14H,6-9H2,1H3,(H,22,24). The summed E-state index contributed by atoms with van der Waals surface area (Å²) in [6, 6.07) is 5.99. The minimum Gasteiger partial charge on any atom is -0.453 e. The molecule has 2 heterocycles. The van der Waals surface area contributed by atoms with E-state index in [0.717, 1.165) is 12.1 Å². The van der Waals surface area contributed by atoms with Crippen LogP contribution in [0.15, 0.2) is 39.6 Å². The van der Waals surface area contributed by atoms with E-state index < -0.39 is 17.8 Å². The fourth-order valence-corrected chi connectivity index (χ4v) is 3.46. The number of carbonyl (C=O) groups excluding carboxylic acids is 1. The summed E-state index contributed by atoms with van der Waals surface area (Å²) in [5.74, 6) is 0.450. The molecule has 2 unspecified atom stereocenters. The van der Waals surface area contributed by atoms with Crippen molar-refractivity contribution in [2.45, 2.75) is 37.4 Å². The maximum absolute atomic E-state index is 12.7. The maximum Gasteiger partial charge on any atom is 0.416 e. The number of piperidine rings is 1. The zero-order valence-electron chi connectivity index (χ0n) is 14.6. The smallest absolute Gasteiger partial charge is 0.416 e. The molecular weight excluding hydrogens is 365 g/mol. The number of carbonyl (C=O) groups is 1. The Hall–Kier alpha value is -2.71. The predicted octanol–water partition coefficient (Wildman–Crippen LogP) is 3.54. The van der Waals surface area contributed by atoms with Gasteiger partial charge >= 0.3 is 12.3 Å². The Morgan fingerprint density at radius 1 is 1.33 bits per heavy atom. The average Bonchev–Trinajstić information content (AvgIpc) is 3.07. The monoisotopic (exact) mass is 384 g/mol. The molecule has 1 aliphatic heterocycles. The molecule has 0 aliphatic carbocycles. The number of amides is 1. The molecule has 1 aliphatic rings. The second-order valence-electron chi connectivity index (χ2n) is 6.55. The van der Waals surface area contributed by atoms with Crippen LogP contribution in [0.25, 0.3) is 0 Å². The molecule has 27 heavy (non-hydrogen) atoms. The Bertz CT molecular complexity index is 841. The highest BCUT2D eigenvalue weighted by atomic mass is 19.4. The largest absolute Gasteiger partial charge is 0.453 e. The number of aromatic nitrogens is 1. The minimum atomic E-state index is -4.39. The molecule has 6 nitrogen and oxygen atoms in total. The van der Waals surface area contributed by atoms with Crippen LogP contribution in [0.3, 0.4) is 0 Å². The lowest BCUT2D eigenvalue weighted by molar-refractivity contribution is -0.137. The van der Waals surface area contributed by atoms with Gasteiger partial charge in [-0.05, 0) is 37.0 Å². The maximum atomic E-state index is 12.7. The molecule has 3 rings (SSSR count). The van der Waals surface area contributed by atoms with E-state index >= 15 is 0 Å². The summed E-state index contributed by atoms with van der Waals surface area (Å²) in [6.45, 7) is 0.400. The molecular formula is C18H19F3N2O4. The zero-order chi connectivity index (χ0) is 19.6. The lowest BCUT2D eigenvalue weighted by atomic mass is 9.86. The van der Waals surface area contributed by atoms with Gasteiger partial charge in [-0.15, -0.1) is 0 Å². The third-order valence-corrected chi connectivity index (χ3v) is 4.82. The van der Waals surface area contributed by atoms with E-state index in [2.05, 4.69) is 5.16 Å². The topological polar surface area (TPSA) is 75.5 Å². The number of hydrogen-bond acceptors (Lipinski definition) is 4. The Morgan fingerprint density at radius 3 is 2.59 bits per heavy atom. The highest BCUT2D eigenvalue weighted by Crippen LogP contribution is 2.34. The molecule has 1 N–H and O–H groups in total. The molecule has 2 aromatic rings. The summed E-state index contributed by atoms with van der Waals surface area (Å²) in [5.41, 5.74) is -0.371. The van der Waals surface area contributed by atoms with Gasteiger partial charge in [0.05, 0.1) is 12.7 Å². The first-order valence-corrected chi connectivity index (χ1v) is 8.47. The molecule has 1 saturated heterocycles. The van der Waals surface area contributed by atoms with Crippen LogP contribution < -0.4 is 5.56 Å². The van der Waals surface area contributed by atoms with E-state index in [0.29, 0.717) is 37.1 Å². The average molecular weight is 384 g/mol. The van der Waals surface area contributed by atoms with Gasteiger partial charge in [-0.25, -0.2) is 4.79 Å². The molecule has 0 bridgehead atoms. The van der Waals surface area contributed by atoms with Gasteiger partial charge in [-0.1, -0.05) is 12.1 Å². The number of likely N-dealkylation sites (tertiary alicyclic amines) is 1. The molecule has 9 heteroatoms. The molecule has 1 fully saturated rings. The van der Waals surface area contributed by atoms with Crippen LogP contribution >= 0.6 is 0 Å². The number of nitrogens with zero attached hydrogens (tertiary/aromatic N) is 1. The quantitative estimate of drug-likeness (QED) is 0.878. The van der Waals surface area contributed by atoms with Crippen LogP contribution in [0.2, 0.25) is 0 Å². The fraction of sp³-hybridized carbons (Fsp3) is 0.444. The van der Waals surface area contributed by atoms with Crippen LogP contribution in [-0.2, 0) is 17.3 Å². The van der Waals surface area contributed by atoms with E-state index in [-0.39, 0.29) is 17.5 Å². The van der Waals surface area contributed by atoms with E-state index in [1.165, 1.54) is 25.3 Å². The van der Waals surface area contributed by atoms with Crippen molar-refractivity contribution in [3.63, 3.8) is 0 Å². The molecule has 0 saturated carbocycles. The highest BCUT2D eigenvalue weighted by Gasteiger charge is 2.35. The molecule has 1 aromatic heterocycles. The number of aromatic amines is 1. The lowest BCUT2D eigenvalue weighted by Gasteiger charge is -2.38. The zero-order valence-corrected chi connectivity index (χ0v) is 14.6. The summed E-state index contributed by atoms with van der Waals surface area (Å²) in [7, 11) is 1.29. The fourth-order valence-electron chi connectivity index (χ4n) is 3.46. The van der Waals surface area contributed by atoms with Crippen LogP contribution in [-0.4, -0.2) is 35.8 Å². The van der Waals surface area contributed by atoms with E-state index in [1.807, 2.05) is 0 Å². The van der Waals surface area contributed by atoms with Gasteiger partial charge in [0.15, 0.2) is 0 Å². The molecule has 0 spiro atoms. The van der Waals surface area contributed by atoms with Crippen molar-refractivity contribution in [1.82, 2.24) is 10.1 Å². The van der Waals surface area contributed by atoms with Crippen molar-refractivity contribution in [3.8, 4) is 0 Å². The minimum absolute atomic E-state index is 0.0655. The Balaban J connectivity index is 1.79. The van der Waals surface area contributed by atoms with Gasteiger partial charge in [0, 0.05) is 24.6 Å². The SMILES string of the molecule is COC(=O)N1CCC(c2cc(=O)[nH]o2)CC1Cc1ccc(C(F)(F)F)cc1. The van der Waals surface area contributed by atoms with E-state index in [1.54, 1.807) is 4.90 Å². The third-order valence-electron chi connectivity index (χ3n) is 4.82. The van der Waals surface area contributed by atoms with Gasteiger partial charge in [0.25, 0.3) is 5.56 Å². The summed E-state index contributed by atoms with van der Waals surface area (Å²) in [5, 5.41) is 2.25. The molecule has 0 radical (unpaired) electrons. The van der Waals surface area contributed by atoms with Gasteiger partial charge in [-0.2, -0.15) is 18.3 Å².